The fraction of sp³-hybridized carbons (Fsp3) is 0.231. The third-order valence-corrected chi connectivity index (χ3v) is 4.29. The van der Waals surface area contributed by atoms with Gasteiger partial charge in [-0.3, -0.25) is 0 Å². The highest BCUT2D eigenvalue weighted by Gasteiger charge is 2.07. The van der Waals surface area contributed by atoms with Gasteiger partial charge in [-0.15, -0.1) is 23.1 Å². The minimum Gasteiger partial charge on any atom is -0.388 e. The lowest BCUT2D eigenvalue weighted by molar-refractivity contribution is 0.179. The first-order valence-electron chi connectivity index (χ1n) is 5.25. The van der Waals surface area contributed by atoms with Gasteiger partial charge in [0.25, 0.3) is 0 Å². The highest BCUT2D eigenvalue weighted by molar-refractivity contribution is 7.99. The lowest BCUT2D eigenvalue weighted by Gasteiger charge is -2.07. The van der Waals surface area contributed by atoms with Crippen LogP contribution in [0.1, 0.15) is 17.4 Å². The molecule has 0 bridgehead atoms. The summed E-state index contributed by atoms with van der Waals surface area (Å²) in [5, 5.41) is 11.9. The van der Waals surface area contributed by atoms with Gasteiger partial charge in [0.05, 0.1) is 6.10 Å². The summed E-state index contributed by atoms with van der Waals surface area (Å²) in [4.78, 5) is 2.33. The first-order valence-corrected chi connectivity index (χ1v) is 7.12. The standard InChI is InChI=1S/C13H14OS2/c14-12(13-7-4-9-16-13)8-10-15-11-5-2-1-3-6-11/h1-7,9,12,14H,8,10H2/t12-/m0/s1. The van der Waals surface area contributed by atoms with Crippen molar-refractivity contribution in [2.75, 3.05) is 5.75 Å². The summed E-state index contributed by atoms with van der Waals surface area (Å²) in [5.74, 6) is 0.948. The van der Waals surface area contributed by atoms with Crippen LogP contribution >= 0.6 is 23.1 Å². The molecule has 0 amide bonds. The summed E-state index contributed by atoms with van der Waals surface area (Å²) in [6.45, 7) is 0. The highest BCUT2D eigenvalue weighted by atomic mass is 32.2. The molecule has 1 atom stereocenters. The lowest BCUT2D eigenvalue weighted by Crippen LogP contribution is -1.95. The second-order valence-corrected chi connectivity index (χ2v) is 5.63. The minimum absolute atomic E-state index is 0.309. The van der Waals surface area contributed by atoms with Crippen LogP contribution in [-0.2, 0) is 0 Å². The van der Waals surface area contributed by atoms with E-state index in [2.05, 4.69) is 12.1 Å². The van der Waals surface area contributed by atoms with Gasteiger partial charge < -0.3 is 5.11 Å². The molecule has 0 aliphatic heterocycles. The topological polar surface area (TPSA) is 20.2 Å². The van der Waals surface area contributed by atoms with Crippen LogP contribution in [-0.4, -0.2) is 10.9 Å². The van der Waals surface area contributed by atoms with E-state index in [4.69, 9.17) is 0 Å². The van der Waals surface area contributed by atoms with Gasteiger partial charge in [0.1, 0.15) is 0 Å². The molecule has 0 spiro atoms. The Bertz CT molecular complexity index is 397. The Kier molecular flexibility index (Phi) is 4.45. The van der Waals surface area contributed by atoms with E-state index in [1.54, 1.807) is 23.1 Å². The van der Waals surface area contributed by atoms with Crippen molar-refractivity contribution >= 4 is 23.1 Å². The molecule has 2 rings (SSSR count). The van der Waals surface area contributed by atoms with Crippen molar-refractivity contribution in [1.82, 2.24) is 0 Å². The van der Waals surface area contributed by atoms with Crippen LogP contribution in [0.2, 0.25) is 0 Å². The Morgan fingerprint density at radius 1 is 1.12 bits per heavy atom. The number of thioether (sulfide) groups is 1. The Morgan fingerprint density at radius 3 is 2.62 bits per heavy atom. The van der Waals surface area contributed by atoms with E-state index in [-0.39, 0.29) is 6.10 Å². The fourth-order valence-corrected chi connectivity index (χ4v) is 3.10. The van der Waals surface area contributed by atoms with Gasteiger partial charge in [0.2, 0.25) is 0 Å². The maximum atomic E-state index is 9.88. The smallest absolute Gasteiger partial charge is 0.0889 e. The largest absolute Gasteiger partial charge is 0.388 e. The van der Waals surface area contributed by atoms with E-state index in [0.29, 0.717) is 0 Å². The third kappa shape index (κ3) is 3.37. The van der Waals surface area contributed by atoms with Crippen LogP contribution in [0.25, 0.3) is 0 Å². The molecule has 1 heterocycles. The van der Waals surface area contributed by atoms with Crippen LogP contribution in [0, 0.1) is 0 Å². The van der Waals surface area contributed by atoms with Crippen molar-refractivity contribution in [2.45, 2.75) is 17.4 Å². The van der Waals surface area contributed by atoms with E-state index in [9.17, 15) is 5.11 Å². The number of aliphatic hydroxyl groups excluding tert-OH is 1. The van der Waals surface area contributed by atoms with Crippen molar-refractivity contribution < 1.29 is 5.11 Å². The van der Waals surface area contributed by atoms with E-state index in [0.717, 1.165) is 17.1 Å². The zero-order chi connectivity index (χ0) is 11.2. The summed E-state index contributed by atoms with van der Waals surface area (Å²) in [6.07, 6.45) is 0.497. The molecule has 0 fully saturated rings. The molecule has 16 heavy (non-hydrogen) atoms. The molecule has 0 aliphatic carbocycles. The molecule has 0 saturated carbocycles. The quantitative estimate of drug-likeness (QED) is 0.810. The molecule has 1 nitrogen and oxygen atoms in total. The average Bonchev–Trinajstić information content (AvgIpc) is 2.84. The predicted octanol–water partition coefficient (Wildman–Crippen LogP) is 3.96. The van der Waals surface area contributed by atoms with E-state index in [1.807, 2.05) is 35.7 Å². The van der Waals surface area contributed by atoms with E-state index in [1.165, 1.54) is 4.90 Å². The molecule has 1 aromatic heterocycles. The second kappa shape index (κ2) is 6.09. The predicted molar refractivity (Wildman–Crippen MR) is 71.1 cm³/mol. The molecule has 2 aromatic rings. The third-order valence-electron chi connectivity index (χ3n) is 2.27. The van der Waals surface area contributed by atoms with Crippen molar-refractivity contribution in [3.05, 3.63) is 52.7 Å². The Balaban J connectivity index is 1.76. The first kappa shape index (κ1) is 11.7. The minimum atomic E-state index is -0.309. The Hall–Kier alpha value is -0.770. The second-order valence-electron chi connectivity index (χ2n) is 3.48. The van der Waals surface area contributed by atoms with Gasteiger partial charge in [0, 0.05) is 15.5 Å². The number of hydrogen-bond donors (Lipinski definition) is 1. The summed E-state index contributed by atoms with van der Waals surface area (Å²) < 4.78 is 0. The van der Waals surface area contributed by atoms with E-state index < -0.39 is 0 Å². The van der Waals surface area contributed by atoms with Crippen LogP contribution in [0.4, 0.5) is 0 Å². The van der Waals surface area contributed by atoms with E-state index >= 15 is 0 Å². The maximum absolute atomic E-state index is 9.88. The first-order chi connectivity index (χ1) is 7.86. The van der Waals surface area contributed by atoms with Crippen molar-refractivity contribution in [3.8, 4) is 0 Å². The molecular formula is C13H14OS2. The molecular weight excluding hydrogens is 236 g/mol. The molecule has 3 heteroatoms. The number of hydrogen-bond acceptors (Lipinski definition) is 3. The normalized spacial score (nSPS) is 12.6. The molecule has 0 saturated heterocycles. The zero-order valence-electron chi connectivity index (χ0n) is 8.87. The van der Waals surface area contributed by atoms with Gasteiger partial charge in [-0.1, -0.05) is 24.3 Å². The number of aliphatic hydroxyl groups is 1. The van der Waals surface area contributed by atoms with Crippen molar-refractivity contribution in [1.29, 1.82) is 0 Å². The van der Waals surface area contributed by atoms with Gasteiger partial charge in [-0.05, 0) is 30.0 Å². The van der Waals surface area contributed by atoms with Crippen LogP contribution in [0.3, 0.4) is 0 Å². The van der Waals surface area contributed by atoms with Gasteiger partial charge in [-0.25, -0.2) is 0 Å². The zero-order valence-corrected chi connectivity index (χ0v) is 10.5. The van der Waals surface area contributed by atoms with Crippen molar-refractivity contribution in [2.24, 2.45) is 0 Å². The fourth-order valence-electron chi connectivity index (χ4n) is 1.43. The molecule has 1 aromatic carbocycles. The Labute approximate surface area is 104 Å². The lowest BCUT2D eigenvalue weighted by atomic mass is 10.2. The number of rotatable bonds is 5. The van der Waals surface area contributed by atoms with Gasteiger partial charge in [0.15, 0.2) is 0 Å². The van der Waals surface area contributed by atoms with Crippen LogP contribution < -0.4 is 0 Å². The molecule has 0 radical (unpaired) electrons. The Morgan fingerprint density at radius 2 is 1.94 bits per heavy atom. The molecule has 0 aliphatic rings. The molecule has 84 valence electrons. The maximum Gasteiger partial charge on any atom is 0.0889 e. The molecule has 1 N–H and O–H groups in total. The van der Waals surface area contributed by atoms with Crippen LogP contribution in [0.15, 0.2) is 52.7 Å². The SMILES string of the molecule is O[C@@H](CCSc1ccccc1)c1cccs1. The summed E-state index contributed by atoms with van der Waals surface area (Å²) in [6, 6.07) is 14.3. The van der Waals surface area contributed by atoms with Gasteiger partial charge in [-0.2, -0.15) is 0 Å². The average molecular weight is 250 g/mol. The molecule has 0 unspecified atom stereocenters. The summed E-state index contributed by atoms with van der Waals surface area (Å²) >= 11 is 3.41. The van der Waals surface area contributed by atoms with Gasteiger partial charge >= 0.3 is 0 Å². The monoisotopic (exact) mass is 250 g/mol. The summed E-state index contributed by atoms with van der Waals surface area (Å²) in [5.41, 5.74) is 0. The number of thiophene rings is 1. The highest BCUT2D eigenvalue weighted by Crippen LogP contribution is 2.25. The van der Waals surface area contributed by atoms with Crippen LogP contribution in [0.5, 0.6) is 0 Å². The number of benzene rings is 1. The van der Waals surface area contributed by atoms with Crippen molar-refractivity contribution in [3.63, 3.8) is 0 Å². The summed E-state index contributed by atoms with van der Waals surface area (Å²) in [7, 11) is 0.